The third-order valence-corrected chi connectivity index (χ3v) is 4.60. The van der Waals surface area contributed by atoms with E-state index in [1.807, 2.05) is 67.4 Å². The molecule has 1 N–H and O–H groups in total. The molecule has 0 unspecified atom stereocenters. The Balaban J connectivity index is 1.68. The summed E-state index contributed by atoms with van der Waals surface area (Å²) < 4.78 is 6.64. The Morgan fingerprint density at radius 3 is 2.75 bits per heavy atom. The molecule has 0 fully saturated rings. The molecule has 1 aromatic heterocycles. The predicted octanol–water partition coefficient (Wildman–Crippen LogP) is 3.77. The van der Waals surface area contributed by atoms with Gasteiger partial charge < -0.3 is 15.0 Å². The number of benzene rings is 2. The van der Waals surface area contributed by atoms with E-state index >= 15 is 0 Å². The lowest BCUT2D eigenvalue weighted by Gasteiger charge is -2.16. The van der Waals surface area contributed by atoms with E-state index in [2.05, 4.69) is 10.3 Å². The number of rotatable bonds is 6. The second-order valence-electron chi connectivity index (χ2n) is 5.30. The van der Waals surface area contributed by atoms with Crippen molar-refractivity contribution in [3.05, 3.63) is 48.5 Å². The van der Waals surface area contributed by atoms with Crippen molar-refractivity contribution in [2.45, 2.75) is 6.92 Å². The van der Waals surface area contributed by atoms with Crippen molar-refractivity contribution in [2.24, 2.45) is 0 Å². The molecule has 0 aliphatic heterocycles. The van der Waals surface area contributed by atoms with Crippen LogP contribution in [0.4, 0.5) is 10.8 Å². The molecule has 0 bridgehead atoms. The Labute approximate surface area is 144 Å². The van der Waals surface area contributed by atoms with E-state index in [1.165, 1.54) is 0 Å². The first-order valence-corrected chi connectivity index (χ1v) is 8.57. The summed E-state index contributed by atoms with van der Waals surface area (Å²) in [5.74, 6) is 0.569. The first-order valence-electron chi connectivity index (χ1n) is 7.75. The Morgan fingerprint density at radius 1 is 1.21 bits per heavy atom. The number of para-hydroxylation sites is 3. The van der Waals surface area contributed by atoms with Gasteiger partial charge in [0.25, 0.3) is 0 Å². The average molecular weight is 341 g/mol. The van der Waals surface area contributed by atoms with E-state index in [9.17, 15) is 4.79 Å². The Hall–Kier alpha value is -2.60. The highest BCUT2D eigenvalue weighted by atomic mass is 32.1. The first-order chi connectivity index (χ1) is 11.7. The fraction of sp³-hybridized carbons (Fsp3) is 0.222. The standard InChI is InChI=1S/C18H19N3O2S/c1-3-23-15-10-6-4-8-13(15)19-17(22)12-21(2)18-20-14-9-5-7-11-16(14)24-18/h4-11H,3,12H2,1-2H3,(H,19,22). The molecule has 6 heteroatoms. The van der Waals surface area contributed by atoms with Gasteiger partial charge >= 0.3 is 0 Å². The minimum absolute atomic E-state index is 0.107. The fourth-order valence-corrected chi connectivity index (χ4v) is 3.27. The first kappa shape index (κ1) is 16.3. The van der Waals surface area contributed by atoms with Crippen LogP contribution in [0.3, 0.4) is 0 Å². The van der Waals surface area contributed by atoms with Crippen LogP contribution in [0.2, 0.25) is 0 Å². The molecule has 24 heavy (non-hydrogen) atoms. The summed E-state index contributed by atoms with van der Waals surface area (Å²) in [4.78, 5) is 18.7. The number of hydrogen-bond donors (Lipinski definition) is 1. The smallest absolute Gasteiger partial charge is 0.244 e. The van der Waals surface area contributed by atoms with Gasteiger partial charge in [-0.25, -0.2) is 4.98 Å². The number of ether oxygens (including phenoxy) is 1. The van der Waals surface area contributed by atoms with E-state index in [-0.39, 0.29) is 12.5 Å². The van der Waals surface area contributed by atoms with Crippen molar-refractivity contribution in [2.75, 3.05) is 30.4 Å². The van der Waals surface area contributed by atoms with Gasteiger partial charge in [0.1, 0.15) is 5.75 Å². The number of aromatic nitrogens is 1. The maximum atomic E-state index is 12.3. The summed E-state index contributed by atoms with van der Waals surface area (Å²) >= 11 is 1.58. The number of nitrogens with one attached hydrogen (secondary N) is 1. The van der Waals surface area contributed by atoms with Crippen molar-refractivity contribution in [1.29, 1.82) is 0 Å². The zero-order valence-corrected chi connectivity index (χ0v) is 14.5. The summed E-state index contributed by atoms with van der Waals surface area (Å²) in [6, 6.07) is 15.4. The van der Waals surface area contributed by atoms with Crippen molar-refractivity contribution in [1.82, 2.24) is 4.98 Å². The maximum Gasteiger partial charge on any atom is 0.244 e. The van der Waals surface area contributed by atoms with Crippen LogP contribution in [0.5, 0.6) is 5.75 Å². The summed E-state index contributed by atoms with van der Waals surface area (Å²) in [6.45, 7) is 2.69. The van der Waals surface area contributed by atoms with Crippen LogP contribution < -0.4 is 15.0 Å². The SMILES string of the molecule is CCOc1ccccc1NC(=O)CN(C)c1nc2ccccc2s1. The average Bonchev–Trinajstić information content (AvgIpc) is 3.01. The second-order valence-corrected chi connectivity index (χ2v) is 6.31. The molecule has 3 rings (SSSR count). The van der Waals surface area contributed by atoms with E-state index in [1.54, 1.807) is 11.3 Å². The van der Waals surface area contributed by atoms with Crippen LogP contribution >= 0.6 is 11.3 Å². The third kappa shape index (κ3) is 3.65. The zero-order valence-electron chi connectivity index (χ0n) is 13.7. The van der Waals surface area contributed by atoms with Crippen LogP contribution in [-0.4, -0.2) is 31.1 Å². The topological polar surface area (TPSA) is 54.5 Å². The van der Waals surface area contributed by atoms with Gasteiger partial charge in [-0.05, 0) is 31.2 Å². The molecule has 0 spiro atoms. The number of anilines is 2. The molecule has 2 aromatic carbocycles. The highest BCUT2D eigenvalue weighted by Gasteiger charge is 2.13. The molecule has 0 saturated heterocycles. The van der Waals surface area contributed by atoms with Gasteiger partial charge in [0, 0.05) is 7.05 Å². The van der Waals surface area contributed by atoms with Gasteiger partial charge in [0.2, 0.25) is 5.91 Å². The van der Waals surface area contributed by atoms with Gasteiger partial charge in [-0.1, -0.05) is 35.6 Å². The summed E-state index contributed by atoms with van der Waals surface area (Å²) in [5, 5.41) is 3.72. The van der Waals surface area contributed by atoms with Crippen LogP contribution in [0.25, 0.3) is 10.2 Å². The summed E-state index contributed by atoms with van der Waals surface area (Å²) in [5.41, 5.74) is 1.63. The van der Waals surface area contributed by atoms with Gasteiger partial charge in [-0.3, -0.25) is 4.79 Å². The van der Waals surface area contributed by atoms with Crippen LogP contribution in [0, 0.1) is 0 Å². The molecule has 0 aliphatic carbocycles. The highest BCUT2D eigenvalue weighted by molar-refractivity contribution is 7.22. The molecule has 5 nitrogen and oxygen atoms in total. The molecule has 3 aromatic rings. The number of likely N-dealkylation sites (N-methyl/N-ethyl adjacent to an activating group) is 1. The minimum Gasteiger partial charge on any atom is -0.492 e. The minimum atomic E-state index is -0.107. The zero-order chi connectivity index (χ0) is 16.9. The molecular formula is C18H19N3O2S. The summed E-state index contributed by atoms with van der Waals surface area (Å²) in [7, 11) is 1.87. The number of carbonyl (C=O) groups is 1. The van der Waals surface area contributed by atoms with Crippen molar-refractivity contribution in [3.8, 4) is 5.75 Å². The Kier molecular flexibility index (Phi) is 4.96. The Morgan fingerprint density at radius 2 is 1.96 bits per heavy atom. The molecule has 1 amide bonds. The number of nitrogens with zero attached hydrogens (tertiary/aromatic N) is 2. The number of fused-ring (bicyclic) bond motifs is 1. The van der Waals surface area contributed by atoms with E-state index in [0.29, 0.717) is 18.0 Å². The fourth-order valence-electron chi connectivity index (χ4n) is 2.35. The number of amides is 1. The second kappa shape index (κ2) is 7.31. The van der Waals surface area contributed by atoms with Crippen molar-refractivity contribution in [3.63, 3.8) is 0 Å². The molecule has 1 heterocycles. The van der Waals surface area contributed by atoms with Crippen molar-refractivity contribution < 1.29 is 9.53 Å². The predicted molar refractivity (Wildman–Crippen MR) is 99.1 cm³/mol. The normalized spacial score (nSPS) is 10.6. The number of thiazole rings is 1. The van der Waals surface area contributed by atoms with Gasteiger partial charge in [-0.2, -0.15) is 0 Å². The monoisotopic (exact) mass is 341 g/mol. The molecule has 124 valence electrons. The lowest BCUT2D eigenvalue weighted by molar-refractivity contribution is -0.114. The van der Waals surface area contributed by atoms with Crippen LogP contribution in [0.15, 0.2) is 48.5 Å². The van der Waals surface area contributed by atoms with Gasteiger partial charge in [-0.15, -0.1) is 0 Å². The summed E-state index contributed by atoms with van der Waals surface area (Å²) in [6.07, 6.45) is 0. The third-order valence-electron chi connectivity index (χ3n) is 3.45. The van der Waals surface area contributed by atoms with Crippen LogP contribution in [0.1, 0.15) is 6.92 Å². The maximum absolute atomic E-state index is 12.3. The largest absolute Gasteiger partial charge is 0.492 e. The Bertz CT molecular complexity index is 814. The quantitative estimate of drug-likeness (QED) is 0.741. The van der Waals surface area contributed by atoms with E-state index < -0.39 is 0 Å². The molecular weight excluding hydrogens is 322 g/mol. The van der Waals surface area contributed by atoms with E-state index in [4.69, 9.17) is 4.74 Å². The highest BCUT2D eigenvalue weighted by Crippen LogP contribution is 2.28. The van der Waals surface area contributed by atoms with Gasteiger partial charge in [0.05, 0.1) is 29.1 Å². The molecule has 0 atom stereocenters. The number of hydrogen-bond acceptors (Lipinski definition) is 5. The number of carbonyl (C=O) groups excluding carboxylic acids is 1. The molecule has 0 aliphatic rings. The van der Waals surface area contributed by atoms with Crippen LogP contribution in [-0.2, 0) is 4.79 Å². The van der Waals surface area contributed by atoms with Crippen molar-refractivity contribution >= 4 is 38.3 Å². The lowest BCUT2D eigenvalue weighted by Crippen LogP contribution is -2.30. The lowest BCUT2D eigenvalue weighted by atomic mass is 10.3. The molecule has 0 saturated carbocycles. The van der Waals surface area contributed by atoms with E-state index in [0.717, 1.165) is 15.3 Å². The molecule has 0 radical (unpaired) electrons. The van der Waals surface area contributed by atoms with Gasteiger partial charge in [0.15, 0.2) is 5.13 Å².